The molecule has 0 bridgehead atoms. The summed E-state index contributed by atoms with van der Waals surface area (Å²) in [4.78, 5) is 20.8. The van der Waals surface area contributed by atoms with Crippen LogP contribution in [-0.2, 0) is 11.3 Å². The Morgan fingerprint density at radius 2 is 1.86 bits per heavy atom. The normalized spacial score (nSPS) is 10.9. The van der Waals surface area contributed by atoms with Gasteiger partial charge in [0.25, 0.3) is 0 Å². The Labute approximate surface area is 169 Å². The van der Waals surface area contributed by atoms with Crippen LogP contribution in [0.1, 0.15) is 5.56 Å². The summed E-state index contributed by atoms with van der Waals surface area (Å²) >= 11 is 2.63. The monoisotopic (exact) mass is 410 g/mol. The first-order chi connectivity index (χ1) is 13.7. The molecule has 140 valence electrons. The fourth-order valence-corrected chi connectivity index (χ4v) is 4.37. The summed E-state index contributed by atoms with van der Waals surface area (Å²) in [6.45, 7) is 0.495. The number of halogens is 1. The molecule has 4 aromatic rings. The second-order valence-electron chi connectivity index (χ2n) is 5.95. The van der Waals surface area contributed by atoms with E-state index in [1.165, 1.54) is 41.8 Å². The third kappa shape index (κ3) is 4.18. The van der Waals surface area contributed by atoms with Crippen molar-refractivity contribution in [3.8, 4) is 11.3 Å². The Hall–Kier alpha value is -2.84. The molecule has 0 aliphatic carbocycles. The molecular formula is C20H15FN4OS2. The smallest absolute Gasteiger partial charge is 0.230 e. The molecule has 2 heterocycles. The van der Waals surface area contributed by atoms with Crippen LogP contribution >= 0.6 is 23.3 Å². The summed E-state index contributed by atoms with van der Waals surface area (Å²) in [5.74, 6) is -0.109. The highest BCUT2D eigenvalue weighted by Crippen LogP contribution is 2.34. The van der Waals surface area contributed by atoms with Gasteiger partial charge in [0.2, 0.25) is 5.91 Å². The highest BCUT2D eigenvalue weighted by molar-refractivity contribution is 8.00. The third-order valence-electron chi connectivity index (χ3n) is 4.01. The number of hydrogen-bond donors (Lipinski definition) is 1. The number of aromatic nitrogens is 3. The van der Waals surface area contributed by atoms with Crippen molar-refractivity contribution < 1.29 is 9.18 Å². The van der Waals surface area contributed by atoms with Crippen LogP contribution in [0.5, 0.6) is 0 Å². The minimum absolute atomic E-state index is 0.0658. The quantitative estimate of drug-likeness (QED) is 0.379. The summed E-state index contributed by atoms with van der Waals surface area (Å²) < 4.78 is 18.5. The highest BCUT2D eigenvalue weighted by atomic mass is 32.2. The van der Waals surface area contributed by atoms with Gasteiger partial charge in [0, 0.05) is 12.1 Å². The predicted octanol–water partition coefficient (Wildman–Crippen LogP) is 4.30. The van der Waals surface area contributed by atoms with Gasteiger partial charge in [0.15, 0.2) is 0 Å². The van der Waals surface area contributed by atoms with Gasteiger partial charge in [0.05, 0.1) is 5.75 Å². The van der Waals surface area contributed by atoms with Crippen molar-refractivity contribution in [2.75, 3.05) is 5.75 Å². The Morgan fingerprint density at radius 1 is 1.07 bits per heavy atom. The maximum absolute atomic E-state index is 13.2. The second kappa shape index (κ2) is 8.45. The first-order valence-electron chi connectivity index (χ1n) is 8.50. The number of rotatable bonds is 6. The SMILES string of the molecule is O=C(CSc1ncnc2c(-c3ccc(F)cc3)nsc12)NCc1ccccc1. The van der Waals surface area contributed by atoms with E-state index < -0.39 is 0 Å². The predicted molar refractivity (Wildman–Crippen MR) is 110 cm³/mol. The lowest BCUT2D eigenvalue weighted by Gasteiger charge is -2.05. The van der Waals surface area contributed by atoms with E-state index in [4.69, 9.17) is 0 Å². The van der Waals surface area contributed by atoms with E-state index in [1.807, 2.05) is 30.3 Å². The number of thioether (sulfide) groups is 1. The maximum atomic E-state index is 13.2. The van der Waals surface area contributed by atoms with E-state index in [2.05, 4.69) is 19.7 Å². The van der Waals surface area contributed by atoms with Gasteiger partial charge >= 0.3 is 0 Å². The molecule has 0 fully saturated rings. The lowest BCUT2D eigenvalue weighted by Crippen LogP contribution is -2.24. The Balaban J connectivity index is 1.46. The average Bonchev–Trinajstić information content (AvgIpc) is 3.17. The number of carbonyl (C=O) groups is 1. The van der Waals surface area contributed by atoms with Gasteiger partial charge < -0.3 is 5.32 Å². The molecule has 8 heteroatoms. The van der Waals surface area contributed by atoms with Crippen molar-refractivity contribution in [3.63, 3.8) is 0 Å². The zero-order chi connectivity index (χ0) is 19.3. The summed E-state index contributed by atoms with van der Waals surface area (Å²) in [7, 11) is 0. The molecule has 4 rings (SSSR count). The molecule has 0 aliphatic heterocycles. The van der Waals surface area contributed by atoms with Gasteiger partial charge in [-0.1, -0.05) is 42.1 Å². The minimum atomic E-state index is -0.296. The molecule has 28 heavy (non-hydrogen) atoms. The van der Waals surface area contributed by atoms with Gasteiger partial charge in [0.1, 0.15) is 33.1 Å². The van der Waals surface area contributed by atoms with E-state index >= 15 is 0 Å². The van der Waals surface area contributed by atoms with E-state index in [0.717, 1.165) is 15.8 Å². The average molecular weight is 410 g/mol. The van der Waals surface area contributed by atoms with Gasteiger partial charge in [-0.15, -0.1) is 0 Å². The van der Waals surface area contributed by atoms with E-state index in [0.29, 0.717) is 22.8 Å². The molecule has 0 radical (unpaired) electrons. The van der Waals surface area contributed by atoms with E-state index in [9.17, 15) is 9.18 Å². The molecule has 2 aromatic heterocycles. The van der Waals surface area contributed by atoms with E-state index in [1.54, 1.807) is 12.1 Å². The summed E-state index contributed by atoms with van der Waals surface area (Å²) in [5, 5.41) is 3.62. The van der Waals surface area contributed by atoms with Crippen LogP contribution in [0.15, 0.2) is 66.0 Å². The zero-order valence-electron chi connectivity index (χ0n) is 14.6. The summed E-state index contributed by atoms with van der Waals surface area (Å²) in [5.41, 5.74) is 3.25. The Bertz CT molecular complexity index is 1100. The number of hydrogen-bond acceptors (Lipinski definition) is 6. The largest absolute Gasteiger partial charge is 0.351 e. The molecule has 0 saturated carbocycles. The maximum Gasteiger partial charge on any atom is 0.230 e. The van der Waals surface area contributed by atoms with Crippen LogP contribution in [0.2, 0.25) is 0 Å². The number of amides is 1. The first-order valence-corrected chi connectivity index (χ1v) is 10.3. The van der Waals surface area contributed by atoms with Crippen LogP contribution in [0.25, 0.3) is 21.5 Å². The molecule has 1 N–H and O–H groups in total. The van der Waals surface area contributed by atoms with Crippen LogP contribution in [0.3, 0.4) is 0 Å². The second-order valence-corrected chi connectivity index (χ2v) is 7.68. The van der Waals surface area contributed by atoms with Crippen LogP contribution in [-0.4, -0.2) is 26.0 Å². The number of benzene rings is 2. The standard InChI is InChI=1S/C20H15FN4OS2/c21-15-8-6-14(7-9-15)17-18-19(28-25-17)20(24-12-23-18)27-11-16(26)22-10-13-4-2-1-3-5-13/h1-9,12H,10-11H2,(H,22,26). The van der Waals surface area contributed by atoms with Gasteiger partial charge in [-0.05, 0) is 41.4 Å². The molecule has 0 saturated heterocycles. The Morgan fingerprint density at radius 3 is 2.64 bits per heavy atom. The molecule has 5 nitrogen and oxygen atoms in total. The van der Waals surface area contributed by atoms with Crippen molar-refractivity contribution in [3.05, 3.63) is 72.3 Å². The number of nitrogens with zero attached hydrogens (tertiary/aromatic N) is 3. The molecule has 0 spiro atoms. The van der Waals surface area contributed by atoms with Crippen molar-refractivity contribution in [2.24, 2.45) is 0 Å². The Kier molecular flexibility index (Phi) is 5.59. The molecule has 0 aliphatic rings. The summed E-state index contributed by atoms with van der Waals surface area (Å²) in [6.07, 6.45) is 1.47. The minimum Gasteiger partial charge on any atom is -0.351 e. The highest BCUT2D eigenvalue weighted by Gasteiger charge is 2.15. The fraction of sp³-hybridized carbons (Fsp3) is 0.100. The number of carbonyl (C=O) groups excluding carboxylic acids is 1. The van der Waals surface area contributed by atoms with Crippen molar-refractivity contribution >= 4 is 39.4 Å². The van der Waals surface area contributed by atoms with Gasteiger partial charge in [-0.25, -0.2) is 14.4 Å². The van der Waals surface area contributed by atoms with Gasteiger partial charge in [-0.3, -0.25) is 4.79 Å². The lowest BCUT2D eigenvalue weighted by molar-refractivity contribution is -0.118. The zero-order valence-corrected chi connectivity index (χ0v) is 16.3. The number of nitrogens with one attached hydrogen (secondary N) is 1. The van der Waals surface area contributed by atoms with Gasteiger partial charge in [-0.2, -0.15) is 4.37 Å². The van der Waals surface area contributed by atoms with Crippen molar-refractivity contribution in [2.45, 2.75) is 11.6 Å². The fourth-order valence-electron chi connectivity index (χ4n) is 2.62. The van der Waals surface area contributed by atoms with Crippen LogP contribution < -0.4 is 5.32 Å². The molecule has 0 unspecified atom stereocenters. The first kappa shape index (κ1) is 18.5. The molecule has 0 atom stereocenters. The van der Waals surface area contributed by atoms with E-state index in [-0.39, 0.29) is 17.5 Å². The topological polar surface area (TPSA) is 67.8 Å². The third-order valence-corrected chi connectivity index (χ3v) is 5.98. The van der Waals surface area contributed by atoms with Crippen LogP contribution in [0, 0.1) is 5.82 Å². The molecule has 2 aromatic carbocycles. The molecule has 1 amide bonds. The number of fused-ring (bicyclic) bond motifs is 1. The van der Waals surface area contributed by atoms with Crippen LogP contribution in [0.4, 0.5) is 4.39 Å². The summed E-state index contributed by atoms with van der Waals surface area (Å²) in [6, 6.07) is 15.9. The molecular weight excluding hydrogens is 395 g/mol. The van der Waals surface area contributed by atoms with Crippen molar-refractivity contribution in [1.82, 2.24) is 19.7 Å². The lowest BCUT2D eigenvalue weighted by atomic mass is 10.1. The van der Waals surface area contributed by atoms with Crippen molar-refractivity contribution in [1.29, 1.82) is 0 Å².